The quantitative estimate of drug-likeness (QED) is 0.571. The fourth-order valence-corrected chi connectivity index (χ4v) is 1.60. The molecule has 0 saturated carbocycles. The highest BCUT2D eigenvalue weighted by atomic mass is 32.2. The average molecular weight is 198 g/mol. The van der Waals surface area contributed by atoms with E-state index in [1.54, 1.807) is 24.3 Å². The summed E-state index contributed by atoms with van der Waals surface area (Å²) in [5, 5.41) is 18.0. The molecule has 0 bridgehead atoms. The topological polar surface area (TPSA) is 57.5 Å². The molecule has 13 heavy (non-hydrogen) atoms. The number of rotatable bonds is 3. The summed E-state index contributed by atoms with van der Waals surface area (Å²) in [4.78, 5) is 9.52. The molecule has 0 spiro atoms. The van der Waals surface area contributed by atoms with Crippen LogP contribution >= 0.6 is 11.8 Å². The SMILES string of the molecule is CC(O)(Sc1ccccc1)C(=O)O. The highest BCUT2D eigenvalue weighted by Crippen LogP contribution is 2.30. The summed E-state index contributed by atoms with van der Waals surface area (Å²) in [6.07, 6.45) is 0. The molecule has 1 rings (SSSR count). The lowest BCUT2D eigenvalue weighted by Crippen LogP contribution is -2.30. The number of aliphatic hydroxyl groups is 1. The third-order valence-electron chi connectivity index (χ3n) is 1.46. The Morgan fingerprint density at radius 1 is 1.38 bits per heavy atom. The van der Waals surface area contributed by atoms with Crippen molar-refractivity contribution in [2.24, 2.45) is 0 Å². The molecule has 0 aliphatic heterocycles. The van der Waals surface area contributed by atoms with Crippen molar-refractivity contribution in [2.75, 3.05) is 0 Å². The van der Waals surface area contributed by atoms with E-state index in [4.69, 9.17) is 5.11 Å². The van der Waals surface area contributed by atoms with Gasteiger partial charge in [0.15, 0.2) is 0 Å². The molecule has 0 radical (unpaired) electrons. The number of hydrogen-bond acceptors (Lipinski definition) is 3. The van der Waals surface area contributed by atoms with Gasteiger partial charge in [-0.2, -0.15) is 0 Å². The molecule has 1 aromatic carbocycles. The molecule has 2 N–H and O–H groups in total. The van der Waals surface area contributed by atoms with Crippen LogP contribution in [0, 0.1) is 0 Å². The molecule has 4 heteroatoms. The zero-order valence-electron chi connectivity index (χ0n) is 7.10. The number of hydrogen-bond donors (Lipinski definition) is 2. The molecule has 0 saturated heterocycles. The fraction of sp³-hybridized carbons (Fsp3) is 0.222. The van der Waals surface area contributed by atoms with Crippen LogP contribution in [0.2, 0.25) is 0 Å². The Morgan fingerprint density at radius 3 is 2.38 bits per heavy atom. The second-order valence-electron chi connectivity index (χ2n) is 2.70. The molecule has 3 nitrogen and oxygen atoms in total. The molecular formula is C9H10O3S. The summed E-state index contributed by atoms with van der Waals surface area (Å²) in [5.74, 6) is -1.23. The second-order valence-corrected chi connectivity index (χ2v) is 4.17. The Hall–Kier alpha value is -1.00. The monoisotopic (exact) mass is 198 g/mol. The maximum Gasteiger partial charge on any atom is 0.346 e. The minimum absolute atomic E-state index is 0.731. The van der Waals surface area contributed by atoms with Crippen LogP contribution in [0.5, 0.6) is 0 Å². The van der Waals surface area contributed by atoms with Gasteiger partial charge in [0.1, 0.15) is 0 Å². The lowest BCUT2D eigenvalue weighted by Gasteiger charge is -2.16. The van der Waals surface area contributed by atoms with Crippen LogP contribution in [-0.2, 0) is 4.79 Å². The minimum Gasteiger partial charge on any atom is -0.478 e. The third kappa shape index (κ3) is 2.75. The smallest absolute Gasteiger partial charge is 0.346 e. The summed E-state index contributed by atoms with van der Waals surface area (Å²) in [6.45, 7) is 1.26. The predicted molar refractivity (Wildman–Crippen MR) is 50.6 cm³/mol. The molecule has 1 unspecified atom stereocenters. The maximum atomic E-state index is 10.6. The number of carbonyl (C=O) groups is 1. The molecule has 0 aliphatic carbocycles. The summed E-state index contributed by atoms with van der Waals surface area (Å²) >= 11 is 0.910. The van der Waals surface area contributed by atoms with Gasteiger partial charge in [0.25, 0.3) is 0 Å². The van der Waals surface area contributed by atoms with Gasteiger partial charge in [-0.05, 0) is 19.1 Å². The predicted octanol–water partition coefficient (Wildman–Crippen LogP) is 1.57. The first kappa shape index (κ1) is 10.1. The van der Waals surface area contributed by atoms with Gasteiger partial charge in [0.05, 0.1) is 0 Å². The molecule has 0 amide bonds. The van der Waals surface area contributed by atoms with Crippen molar-refractivity contribution in [3.05, 3.63) is 30.3 Å². The van der Waals surface area contributed by atoms with Crippen molar-refractivity contribution in [1.82, 2.24) is 0 Å². The molecule has 0 aromatic heterocycles. The van der Waals surface area contributed by atoms with Crippen LogP contribution in [0.15, 0.2) is 35.2 Å². The van der Waals surface area contributed by atoms with Gasteiger partial charge in [-0.1, -0.05) is 30.0 Å². The molecule has 0 aliphatic rings. The van der Waals surface area contributed by atoms with Gasteiger partial charge in [-0.15, -0.1) is 0 Å². The largest absolute Gasteiger partial charge is 0.478 e. The van der Waals surface area contributed by atoms with Crippen LogP contribution in [0.1, 0.15) is 6.92 Å². The van der Waals surface area contributed by atoms with Gasteiger partial charge in [0, 0.05) is 4.90 Å². The van der Waals surface area contributed by atoms with Crippen LogP contribution in [0.25, 0.3) is 0 Å². The van der Waals surface area contributed by atoms with Gasteiger partial charge < -0.3 is 10.2 Å². The average Bonchev–Trinajstić information content (AvgIpc) is 2.05. The Labute approximate surface area is 80.4 Å². The molecule has 1 aromatic rings. The van der Waals surface area contributed by atoms with Crippen molar-refractivity contribution < 1.29 is 15.0 Å². The fourth-order valence-electron chi connectivity index (χ4n) is 0.762. The Balaban J connectivity index is 2.75. The summed E-state index contributed by atoms with van der Waals surface area (Å²) < 4.78 is 0. The first-order chi connectivity index (χ1) is 6.02. The number of carboxylic acid groups (broad SMARTS) is 1. The van der Waals surface area contributed by atoms with E-state index in [9.17, 15) is 9.90 Å². The number of aliphatic carboxylic acids is 1. The van der Waals surface area contributed by atoms with Gasteiger partial charge >= 0.3 is 5.97 Å². The van der Waals surface area contributed by atoms with Crippen molar-refractivity contribution in [2.45, 2.75) is 16.8 Å². The van der Waals surface area contributed by atoms with Crippen molar-refractivity contribution >= 4 is 17.7 Å². The Bertz CT molecular complexity index is 295. The van der Waals surface area contributed by atoms with Crippen molar-refractivity contribution in [3.63, 3.8) is 0 Å². The number of benzene rings is 1. The lowest BCUT2D eigenvalue weighted by molar-refractivity contribution is -0.148. The second kappa shape index (κ2) is 3.81. The molecule has 0 fully saturated rings. The van der Waals surface area contributed by atoms with Crippen molar-refractivity contribution in [1.29, 1.82) is 0 Å². The molecule has 70 valence electrons. The summed E-state index contributed by atoms with van der Waals surface area (Å²) in [7, 11) is 0. The van der Waals surface area contributed by atoms with Crippen LogP contribution in [-0.4, -0.2) is 21.1 Å². The minimum atomic E-state index is -1.76. The molecular weight excluding hydrogens is 188 g/mol. The van der Waals surface area contributed by atoms with E-state index in [0.29, 0.717) is 0 Å². The normalized spacial score (nSPS) is 14.9. The highest BCUT2D eigenvalue weighted by molar-refractivity contribution is 8.01. The van der Waals surface area contributed by atoms with E-state index in [2.05, 4.69) is 0 Å². The number of carboxylic acids is 1. The van der Waals surface area contributed by atoms with Gasteiger partial charge in [-0.3, -0.25) is 0 Å². The Kier molecular flexibility index (Phi) is 2.95. The van der Waals surface area contributed by atoms with Gasteiger partial charge in [0.2, 0.25) is 4.93 Å². The molecule has 1 atom stereocenters. The zero-order valence-corrected chi connectivity index (χ0v) is 7.91. The zero-order chi connectivity index (χ0) is 9.90. The van der Waals surface area contributed by atoms with Crippen LogP contribution in [0.3, 0.4) is 0 Å². The lowest BCUT2D eigenvalue weighted by atomic mass is 10.4. The highest BCUT2D eigenvalue weighted by Gasteiger charge is 2.30. The van der Waals surface area contributed by atoms with Crippen LogP contribution in [0.4, 0.5) is 0 Å². The van der Waals surface area contributed by atoms with E-state index in [-0.39, 0.29) is 0 Å². The van der Waals surface area contributed by atoms with E-state index in [1.807, 2.05) is 6.07 Å². The number of thioether (sulfide) groups is 1. The van der Waals surface area contributed by atoms with E-state index in [0.717, 1.165) is 16.7 Å². The first-order valence-corrected chi connectivity index (χ1v) is 4.54. The summed E-state index contributed by atoms with van der Waals surface area (Å²) in [6, 6.07) is 8.92. The maximum absolute atomic E-state index is 10.6. The van der Waals surface area contributed by atoms with E-state index in [1.165, 1.54) is 6.92 Å². The molecule has 0 heterocycles. The Morgan fingerprint density at radius 2 is 1.92 bits per heavy atom. The third-order valence-corrected chi connectivity index (χ3v) is 2.54. The van der Waals surface area contributed by atoms with Crippen molar-refractivity contribution in [3.8, 4) is 0 Å². The first-order valence-electron chi connectivity index (χ1n) is 3.72. The van der Waals surface area contributed by atoms with Crippen LogP contribution < -0.4 is 0 Å². The van der Waals surface area contributed by atoms with E-state index < -0.39 is 10.9 Å². The van der Waals surface area contributed by atoms with E-state index >= 15 is 0 Å². The standard InChI is InChI=1S/C9H10O3S/c1-9(12,8(10)11)13-7-5-3-2-4-6-7/h2-6,12H,1H3,(H,10,11). The summed E-state index contributed by atoms with van der Waals surface area (Å²) in [5.41, 5.74) is 0. The van der Waals surface area contributed by atoms with Gasteiger partial charge in [-0.25, -0.2) is 4.79 Å².